The second kappa shape index (κ2) is 7.88. The minimum atomic E-state index is -3.62. The Labute approximate surface area is 177 Å². The van der Waals surface area contributed by atoms with Crippen molar-refractivity contribution >= 4 is 33.3 Å². The van der Waals surface area contributed by atoms with Crippen molar-refractivity contribution in [3.8, 4) is 0 Å². The lowest BCUT2D eigenvalue weighted by atomic mass is 10.1. The minimum absolute atomic E-state index is 0.327. The van der Waals surface area contributed by atoms with Gasteiger partial charge in [-0.05, 0) is 55.3 Å². The lowest BCUT2D eigenvalue weighted by Crippen LogP contribution is -2.53. The number of halogens is 1. The van der Waals surface area contributed by atoms with Gasteiger partial charge in [0.25, 0.3) is 10.0 Å². The molecule has 29 heavy (non-hydrogen) atoms. The third-order valence-corrected chi connectivity index (χ3v) is 7.59. The van der Waals surface area contributed by atoms with Gasteiger partial charge in [0.15, 0.2) is 0 Å². The smallest absolute Gasteiger partial charge is 0.266 e. The van der Waals surface area contributed by atoms with E-state index in [1.54, 1.807) is 12.1 Å². The number of sulfonamides is 1. The summed E-state index contributed by atoms with van der Waals surface area (Å²) in [5.74, 6) is 0.564. The zero-order valence-electron chi connectivity index (χ0n) is 16.7. The average molecular weight is 433 g/mol. The molecule has 0 unspecified atom stereocenters. The van der Waals surface area contributed by atoms with Crippen LogP contribution in [-0.4, -0.2) is 62.9 Å². The lowest BCUT2D eigenvalue weighted by molar-refractivity contribution is 0.358. The van der Waals surface area contributed by atoms with Gasteiger partial charge in [-0.25, -0.2) is 12.7 Å². The summed E-state index contributed by atoms with van der Waals surface area (Å²) in [5.41, 5.74) is 3.14. The van der Waals surface area contributed by atoms with Crippen molar-refractivity contribution < 1.29 is 8.42 Å². The van der Waals surface area contributed by atoms with Gasteiger partial charge in [-0.1, -0.05) is 23.7 Å². The van der Waals surface area contributed by atoms with E-state index in [9.17, 15) is 8.42 Å². The molecule has 0 amide bonds. The monoisotopic (exact) mass is 432 g/mol. The zero-order valence-corrected chi connectivity index (χ0v) is 18.2. The van der Waals surface area contributed by atoms with Gasteiger partial charge in [0, 0.05) is 36.9 Å². The molecule has 0 radical (unpaired) electrons. The zero-order chi connectivity index (χ0) is 20.6. The van der Waals surface area contributed by atoms with Crippen LogP contribution < -0.4 is 4.90 Å². The Balaban J connectivity index is 1.50. The molecule has 2 aromatic rings. The van der Waals surface area contributed by atoms with Crippen LogP contribution in [0.25, 0.3) is 0 Å². The van der Waals surface area contributed by atoms with E-state index in [1.807, 2.05) is 44.2 Å². The van der Waals surface area contributed by atoms with Crippen LogP contribution in [0.2, 0.25) is 5.02 Å². The standard InChI is InChI=1S/C21H25ClN4O2S/c1-16-6-7-20(14-17(16)2)29(27,28)26-9-8-23-21(26)25-12-10-24(11-13-25)19-5-3-4-18(22)15-19/h3-7,14-15H,8-13H2,1-2H3. The molecule has 2 aromatic carbocycles. The molecule has 6 nitrogen and oxygen atoms in total. The maximum absolute atomic E-state index is 13.3. The van der Waals surface area contributed by atoms with E-state index in [1.165, 1.54) is 4.31 Å². The Hall–Kier alpha value is -2.25. The average Bonchev–Trinajstić information content (AvgIpc) is 3.21. The van der Waals surface area contributed by atoms with Gasteiger partial charge in [0.05, 0.1) is 18.0 Å². The Morgan fingerprint density at radius 2 is 1.62 bits per heavy atom. The van der Waals surface area contributed by atoms with Crippen LogP contribution in [-0.2, 0) is 10.0 Å². The maximum atomic E-state index is 13.3. The van der Waals surface area contributed by atoms with Crippen molar-refractivity contribution in [1.82, 2.24) is 9.21 Å². The first kappa shape index (κ1) is 20.0. The van der Waals surface area contributed by atoms with Crippen LogP contribution >= 0.6 is 11.6 Å². The second-order valence-corrected chi connectivity index (χ2v) is 9.76. The molecule has 8 heteroatoms. The van der Waals surface area contributed by atoms with E-state index < -0.39 is 10.0 Å². The van der Waals surface area contributed by atoms with Crippen molar-refractivity contribution in [3.63, 3.8) is 0 Å². The SMILES string of the molecule is Cc1ccc(S(=O)(=O)N2CCN=C2N2CCN(c3cccc(Cl)c3)CC2)cc1C. The third-order valence-electron chi connectivity index (χ3n) is 5.58. The van der Waals surface area contributed by atoms with Gasteiger partial charge in [-0.15, -0.1) is 0 Å². The number of guanidine groups is 1. The Bertz CT molecular complexity index is 1050. The highest BCUT2D eigenvalue weighted by Gasteiger charge is 2.35. The van der Waals surface area contributed by atoms with Crippen molar-refractivity contribution in [3.05, 3.63) is 58.6 Å². The Kier molecular flexibility index (Phi) is 5.44. The van der Waals surface area contributed by atoms with E-state index in [0.717, 1.165) is 34.9 Å². The van der Waals surface area contributed by atoms with Crippen molar-refractivity contribution in [2.45, 2.75) is 18.7 Å². The van der Waals surface area contributed by atoms with Crippen LogP contribution in [0.5, 0.6) is 0 Å². The number of piperazine rings is 1. The summed E-state index contributed by atoms with van der Waals surface area (Å²) in [6.45, 7) is 7.80. The molecule has 4 rings (SSSR count). The van der Waals surface area contributed by atoms with Crippen LogP contribution in [0.15, 0.2) is 52.4 Å². The molecule has 0 saturated carbocycles. The van der Waals surface area contributed by atoms with E-state index >= 15 is 0 Å². The number of hydrogen-bond donors (Lipinski definition) is 0. The molecule has 0 spiro atoms. The fraction of sp³-hybridized carbons (Fsp3) is 0.381. The van der Waals surface area contributed by atoms with E-state index in [-0.39, 0.29) is 0 Å². The summed E-state index contributed by atoms with van der Waals surface area (Å²) in [5, 5.41) is 0.718. The minimum Gasteiger partial charge on any atom is -0.368 e. The number of aryl methyl sites for hydroxylation is 2. The molecule has 1 fully saturated rings. The van der Waals surface area contributed by atoms with Crippen LogP contribution in [0.4, 0.5) is 5.69 Å². The summed E-state index contributed by atoms with van der Waals surface area (Å²) < 4.78 is 28.0. The summed E-state index contributed by atoms with van der Waals surface area (Å²) >= 11 is 6.12. The number of hydrogen-bond acceptors (Lipinski definition) is 5. The van der Waals surface area contributed by atoms with Crippen molar-refractivity contribution in [2.24, 2.45) is 4.99 Å². The first-order valence-corrected chi connectivity index (χ1v) is 11.6. The summed E-state index contributed by atoms with van der Waals surface area (Å²) in [7, 11) is -3.62. The van der Waals surface area contributed by atoms with Gasteiger partial charge in [0.1, 0.15) is 0 Å². The Morgan fingerprint density at radius 1 is 0.897 bits per heavy atom. The molecule has 0 atom stereocenters. The quantitative estimate of drug-likeness (QED) is 0.747. The van der Waals surface area contributed by atoms with Crippen molar-refractivity contribution in [2.75, 3.05) is 44.2 Å². The fourth-order valence-electron chi connectivity index (χ4n) is 3.74. The molecule has 2 heterocycles. The largest absolute Gasteiger partial charge is 0.368 e. The van der Waals surface area contributed by atoms with E-state index in [0.29, 0.717) is 37.0 Å². The van der Waals surface area contributed by atoms with Gasteiger partial charge >= 0.3 is 0 Å². The molecule has 1 saturated heterocycles. The summed E-state index contributed by atoms with van der Waals surface area (Å²) in [6, 6.07) is 13.1. The van der Waals surface area contributed by atoms with E-state index in [2.05, 4.69) is 14.8 Å². The first-order chi connectivity index (χ1) is 13.9. The molecule has 0 N–H and O–H groups in total. The predicted octanol–water partition coefficient (Wildman–Crippen LogP) is 3.14. The maximum Gasteiger partial charge on any atom is 0.266 e. The normalized spacial score (nSPS) is 17.6. The first-order valence-electron chi connectivity index (χ1n) is 9.76. The Morgan fingerprint density at radius 3 is 2.31 bits per heavy atom. The topological polar surface area (TPSA) is 56.2 Å². The summed E-state index contributed by atoms with van der Waals surface area (Å²) in [4.78, 5) is 9.20. The van der Waals surface area contributed by atoms with Crippen LogP contribution in [0, 0.1) is 13.8 Å². The number of nitrogens with zero attached hydrogens (tertiary/aromatic N) is 4. The van der Waals surface area contributed by atoms with Gasteiger partial charge in [-0.2, -0.15) is 0 Å². The summed E-state index contributed by atoms with van der Waals surface area (Å²) in [6.07, 6.45) is 0. The number of benzene rings is 2. The molecule has 0 aromatic heterocycles. The third kappa shape index (κ3) is 3.94. The highest BCUT2D eigenvalue weighted by atomic mass is 35.5. The highest BCUT2D eigenvalue weighted by Crippen LogP contribution is 2.25. The molecular formula is C21H25ClN4O2S. The van der Waals surface area contributed by atoms with Crippen molar-refractivity contribution in [1.29, 1.82) is 0 Å². The van der Waals surface area contributed by atoms with E-state index in [4.69, 9.17) is 11.6 Å². The number of anilines is 1. The van der Waals surface area contributed by atoms with Crippen LogP contribution in [0.1, 0.15) is 11.1 Å². The highest BCUT2D eigenvalue weighted by molar-refractivity contribution is 7.89. The van der Waals surface area contributed by atoms with Gasteiger partial charge < -0.3 is 9.80 Å². The molecule has 0 bridgehead atoms. The molecule has 2 aliphatic rings. The van der Waals surface area contributed by atoms with Gasteiger partial charge in [0.2, 0.25) is 5.96 Å². The number of aliphatic imine (C=N–C) groups is 1. The fourth-order valence-corrected chi connectivity index (χ4v) is 5.46. The molecule has 2 aliphatic heterocycles. The van der Waals surface area contributed by atoms with Crippen LogP contribution in [0.3, 0.4) is 0 Å². The van der Waals surface area contributed by atoms with Gasteiger partial charge in [-0.3, -0.25) is 4.99 Å². The molecule has 0 aliphatic carbocycles. The predicted molar refractivity (Wildman–Crippen MR) is 117 cm³/mol. The second-order valence-electron chi connectivity index (χ2n) is 7.46. The molecular weight excluding hydrogens is 408 g/mol. The lowest BCUT2D eigenvalue weighted by Gasteiger charge is -2.39. The number of rotatable bonds is 3. The molecule has 154 valence electrons.